The van der Waals surface area contributed by atoms with Crippen LogP contribution in [0.25, 0.3) is 0 Å². The van der Waals surface area contributed by atoms with E-state index in [0.717, 1.165) is 22.0 Å². The lowest BCUT2D eigenvalue weighted by Crippen LogP contribution is -2.18. The molecule has 6 nitrogen and oxygen atoms in total. The van der Waals surface area contributed by atoms with E-state index in [9.17, 15) is 4.79 Å². The molecule has 0 radical (unpaired) electrons. The van der Waals surface area contributed by atoms with Crippen molar-refractivity contribution < 1.29 is 4.74 Å². The Balaban J connectivity index is 1.66. The van der Waals surface area contributed by atoms with Gasteiger partial charge in [-0.25, -0.2) is 0 Å². The van der Waals surface area contributed by atoms with E-state index in [1.54, 1.807) is 24.3 Å². The van der Waals surface area contributed by atoms with Gasteiger partial charge in [-0.15, -0.1) is 0 Å². The van der Waals surface area contributed by atoms with Crippen molar-refractivity contribution in [1.82, 2.24) is 14.9 Å². The zero-order valence-electron chi connectivity index (χ0n) is 13.2. The average molecular weight is 407 g/mol. The summed E-state index contributed by atoms with van der Waals surface area (Å²) >= 11 is 16.8. The van der Waals surface area contributed by atoms with Gasteiger partial charge in [-0.1, -0.05) is 29.3 Å². The van der Waals surface area contributed by atoms with Crippen LogP contribution < -0.4 is 10.3 Å². The van der Waals surface area contributed by atoms with E-state index >= 15 is 0 Å². The fourth-order valence-corrected chi connectivity index (χ4v) is 2.54. The summed E-state index contributed by atoms with van der Waals surface area (Å²) in [5, 5.41) is 11.1. The molecule has 0 amide bonds. The topological polar surface area (TPSA) is 72.3 Å². The monoisotopic (exact) mass is 406 g/mol. The van der Waals surface area contributed by atoms with Crippen LogP contribution in [0, 0.1) is 4.77 Å². The number of nitrogens with one attached hydrogen (secondary N) is 1. The molecule has 3 aromatic rings. The molecule has 1 aromatic heterocycles. The number of aromatic amines is 1. The first-order valence-electron chi connectivity index (χ1n) is 7.41. The van der Waals surface area contributed by atoms with Crippen molar-refractivity contribution in [2.45, 2.75) is 6.61 Å². The second-order valence-corrected chi connectivity index (χ2v) is 6.38. The lowest BCUT2D eigenvalue weighted by atomic mass is 10.2. The summed E-state index contributed by atoms with van der Waals surface area (Å²) in [7, 11) is 0. The van der Waals surface area contributed by atoms with Crippen LogP contribution in [0.5, 0.6) is 5.75 Å². The molecule has 2 aromatic carbocycles. The summed E-state index contributed by atoms with van der Waals surface area (Å²) in [6.07, 6.45) is 2.63. The SMILES string of the molecule is O=c1cn[nH]c(=S)n1/N=C/c1ccc(OCc2ccc(Cl)c(Cl)c2)cc1. The van der Waals surface area contributed by atoms with Crippen LogP contribution in [0.4, 0.5) is 0 Å². The molecule has 1 heterocycles. The predicted molar refractivity (Wildman–Crippen MR) is 104 cm³/mol. The number of rotatable bonds is 5. The van der Waals surface area contributed by atoms with Gasteiger partial charge in [0.15, 0.2) is 0 Å². The van der Waals surface area contributed by atoms with Gasteiger partial charge in [-0.05, 0) is 59.7 Å². The minimum atomic E-state index is -0.411. The van der Waals surface area contributed by atoms with Crippen LogP contribution >= 0.6 is 35.4 Å². The highest BCUT2D eigenvalue weighted by atomic mass is 35.5. The van der Waals surface area contributed by atoms with E-state index in [0.29, 0.717) is 22.4 Å². The number of halogens is 2. The lowest BCUT2D eigenvalue weighted by molar-refractivity contribution is 0.306. The highest BCUT2D eigenvalue weighted by molar-refractivity contribution is 7.71. The molecule has 0 bridgehead atoms. The van der Waals surface area contributed by atoms with Gasteiger partial charge in [0, 0.05) is 0 Å². The van der Waals surface area contributed by atoms with Gasteiger partial charge in [0.05, 0.1) is 16.3 Å². The van der Waals surface area contributed by atoms with Gasteiger partial charge in [0.1, 0.15) is 18.6 Å². The average Bonchev–Trinajstić information content (AvgIpc) is 2.63. The van der Waals surface area contributed by atoms with Gasteiger partial charge in [0.2, 0.25) is 4.77 Å². The van der Waals surface area contributed by atoms with Gasteiger partial charge >= 0.3 is 0 Å². The number of benzene rings is 2. The molecule has 3 rings (SSSR count). The Labute approximate surface area is 163 Å². The fourth-order valence-electron chi connectivity index (χ4n) is 2.02. The smallest absolute Gasteiger partial charge is 0.293 e. The van der Waals surface area contributed by atoms with Crippen molar-refractivity contribution in [3.05, 3.63) is 85.0 Å². The summed E-state index contributed by atoms with van der Waals surface area (Å²) < 4.78 is 6.88. The zero-order valence-corrected chi connectivity index (χ0v) is 15.6. The first-order valence-corrected chi connectivity index (χ1v) is 8.57. The van der Waals surface area contributed by atoms with Crippen LogP contribution in [-0.2, 0) is 6.61 Å². The second-order valence-electron chi connectivity index (χ2n) is 5.18. The number of hydrogen-bond donors (Lipinski definition) is 1. The van der Waals surface area contributed by atoms with Gasteiger partial charge in [0.25, 0.3) is 5.56 Å². The summed E-state index contributed by atoms with van der Waals surface area (Å²) in [6, 6.07) is 12.6. The second kappa shape index (κ2) is 8.27. The molecule has 0 aliphatic carbocycles. The summed E-state index contributed by atoms with van der Waals surface area (Å²) in [5.74, 6) is 0.687. The molecule has 0 saturated carbocycles. The molecule has 0 spiro atoms. The third kappa shape index (κ3) is 4.57. The quantitative estimate of drug-likeness (QED) is 0.511. The third-order valence-corrected chi connectivity index (χ3v) is 4.33. The van der Waals surface area contributed by atoms with E-state index in [4.69, 9.17) is 40.2 Å². The molecule has 0 aliphatic rings. The Bertz CT molecular complexity index is 1030. The van der Waals surface area contributed by atoms with Crippen molar-refractivity contribution in [2.75, 3.05) is 0 Å². The van der Waals surface area contributed by atoms with Crippen LogP contribution in [-0.4, -0.2) is 21.1 Å². The lowest BCUT2D eigenvalue weighted by Gasteiger charge is -2.07. The van der Waals surface area contributed by atoms with Gasteiger partial charge in [-0.2, -0.15) is 14.9 Å². The largest absolute Gasteiger partial charge is 0.489 e. The maximum Gasteiger partial charge on any atom is 0.293 e. The first-order chi connectivity index (χ1) is 12.5. The highest BCUT2D eigenvalue weighted by Gasteiger charge is 2.01. The molecular formula is C17H12Cl2N4O2S. The molecular weight excluding hydrogens is 395 g/mol. The van der Waals surface area contributed by atoms with Crippen molar-refractivity contribution in [2.24, 2.45) is 5.10 Å². The zero-order chi connectivity index (χ0) is 18.5. The van der Waals surface area contributed by atoms with Crippen LogP contribution in [0.1, 0.15) is 11.1 Å². The Morgan fingerprint density at radius 1 is 1.19 bits per heavy atom. The standard InChI is InChI=1S/C17H12Cl2N4O2S/c18-14-6-3-12(7-15(14)19)10-25-13-4-1-11(2-5-13)8-21-23-16(24)9-20-22-17(23)26/h1-9H,10H2,(H,22,26)/b21-8+. The number of hydrogen-bond acceptors (Lipinski definition) is 5. The van der Waals surface area contributed by atoms with Crippen LogP contribution in [0.15, 0.2) is 58.6 Å². The Kier molecular flexibility index (Phi) is 5.82. The molecule has 1 N–H and O–H groups in total. The summed E-state index contributed by atoms with van der Waals surface area (Å²) in [5.41, 5.74) is 1.29. The maximum absolute atomic E-state index is 11.6. The molecule has 132 valence electrons. The molecule has 0 unspecified atom stereocenters. The summed E-state index contributed by atoms with van der Waals surface area (Å²) in [6.45, 7) is 0.367. The minimum Gasteiger partial charge on any atom is -0.489 e. The van der Waals surface area contributed by atoms with Crippen LogP contribution in [0.2, 0.25) is 10.0 Å². The van der Waals surface area contributed by atoms with Gasteiger partial charge < -0.3 is 4.74 Å². The maximum atomic E-state index is 11.6. The third-order valence-electron chi connectivity index (χ3n) is 3.33. The van der Waals surface area contributed by atoms with E-state index in [-0.39, 0.29) is 4.77 Å². The van der Waals surface area contributed by atoms with Crippen molar-refractivity contribution in [3.8, 4) is 5.75 Å². The van der Waals surface area contributed by atoms with E-state index in [1.165, 1.54) is 6.21 Å². The van der Waals surface area contributed by atoms with E-state index in [2.05, 4.69) is 15.3 Å². The highest BCUT2D eigenvalue weighted by Crippen LogP contribution is 2.23. The number of nitrogens with zero attached hydrogens (tertiary/aromatic N) is 3. The molecule has 26 heavy (non-hydrogen) atoms. The fraction of sp³-hybridized carbons (Fsp3) is 0.0588. The van der Waals surface area contributed by atoms with E-state index < -0.39 is 5.56 Å². The molecule has 0 fully saturated rings. The predicted octanol–water partition coefficient (Wildman–Crippen LogP) is 4.07. The van der Waals surface area contributed by atoms with Crippen LogP contribution in [0.3, 0.4) is 0 Å². The van der Waals surface area contributed by atoms with Crippen molar-refractivity contribution in [1.29, 1.82) is 0 Å². The number of aromatic nitrogens is 3. The number of H-pyrrole nitrogens is 1. The van der Waals surface area contributed by atoms with Gasteiger partial charge in [-0.3, -0.25) is 9.89 Å². The first kappa shape index (κ1) is 18.3. The minimum absolute atomic E-state index is 0.121. The Morgan fingerprint density at radius 2 is 1.96 bits per heavy atom. The van der Waals surface area contributed by atoms with Crippen molar-refractivity contribution >= 4 is 41.6 Å². The summed E-state index contributed by atoms with van der Waals surface area (Å²) in [4.78, 5) is 11.6. The normalized spacial score (nSPS) is 11.0. The molecule has 0 aliphatic heterocycles. The molecule has 0 saturated heterocycles. The molecule has 0 atom stereocenters. The van der Waals surface area contributed by atoms with Crippen molar-refractivity contribution in [3.63, 3.8) is 0 Å². The Morgan fingerprint density at radius 3 is 2.65 bits per heavy atom. The molecule has 9 heteroatoms. The number of ether oxygens (including phenoxy) is 1. The van der Waals surface area contributed by atoms with E-state index in [1.807, 2.05) is 18.2 Å². The Hall–Kier alpha value is -2.48.